The summed E-state index contributed by atoms with van der Waals surface area (Å²) in [6, 6.07) is 7.54. The molecule has 0 radical (unpaired) electrons. The first-order valence-electron chi connectivity index (χ1n) is 9.15. The highest BCUT2D eigenvalue weighted by Crippen LogP contribution is 2.39. The number of nitrogens with zero attached hydrogens (tertiary/aromatic N) is 7. The van der Waals surface area contributed by atoms with Gasteiger partial charge in [-0.3, -0.25) is 4.79 Å². The van der Waals surface area contributed by atoms with Gasteiger partial charge in [-0.2, -0.15) is 9.78 Å². The predicted molar refractivity (Wildman–Crippen MR) is 125 cm³/mol. The molecule has 32 heavy (non-hydrogen) atoms. The van der Waals surface area contributed by atoms with Crippen LogP contribution in [-0.2, 0) is 14.6 Å². The molecule has 0 saturated carbocycles. The lowest BCUT2D eigenvalue weighted by Crippen LogP contribution is -2.09. The van der Waals surface area contributed by atoms with Gasteiger partial charge in [0.25, 0.3) is 0 Å². The second kappa shape index (κ2) is 8.37. The number of rotatable bonds is 6. The molecule has 0 fully saturated rings. The molecule has 0 saturated heterocycles. The maximum Gasteiger partial charge on any atom is 0.222 e. The Hall–Kier alpha value is -3.23. The van der Waals surface area contributed by atoms with Crippen LogP contribution in [0.25, 0.3) is 15.3 Å². The molecule has 0 atom stereocenters. The third-order valence-electron chi connectivity index (χ3n) is 4.09. The minimum absolute atomic E-state index is 0.0140. The highest BCUT2D eigenvalue weighted by molar-refractivity contribution is 7.90. The maximum atomic E-state index is 12.3. The van der Waals surface area contributed by atoms with Gasteiger partial charge in [-0.1, -0.05) is 34.8 Å². The lowest BCUT2D eigenvalue weighted by molar-refractivity contribution is -0.114. The van der Waals surface area contributed by atoms with Crippen molar-refractivity contribution in [2.45, 2.75) is 11.8 Å². The first-order chi connectivity index (χ1) is 15.1. The quantitative estimate of drug-likeness (QED) is 0.406. The van der Waals surface area contributed by atoms with Crippen molar-refractivity contribution in [2.24, 2.45) is 10.2 Å². The summed E-state index contributed by atoms with van der Waals surface area (Å²) in [5, 5.41) is 16.6. The molecule has 0 aliphatic rings. The number of aromatic nitrogens is 4. The van der Waals surface area contributed by atoms with Crippen molar-refractivity contribution < 1.29 is 13.2 Å². The Morgan fingerprint density at radius 2 is 1.91 bits per heavy atom. The standard InChI is InChI=1S/C18H18N8O3S3/c1-10(27)20-14-16(31-17(22-14)25(2)3)24-23-15-13(32(4,28)29)9-19-26(15)18-21-11-7-5-6-8-12(11)30-18/h5-9H,1-4H3,(H,20,27)/b24-23+. The van der Waals surface area contributed by atoms with Gasteiger partial charge in [0.1, 0.15) is 4.90 Å². The van der Waals surface area contributed by atoms with Gasteiger partial charge in [0.2, 0.25) is 11.0 Å². The van der Waals surface area contributed by atoms with E-state index in [1.54, 1.807) is 19.0 Å². The number of carbonyl (C=O) groups excluding carboxylic acids is 1. The van der Waals surface area contributed by atoms with Crippen LogP contribution in [0.3, 0.4) is 0 Å². The fraction of sp³-hybridized carbons (Fsp3) is 0.222. The molecule has 0 unspecified atom stereocenters. The van der Waals surface area contributed by atoms with E-state index in [1.807, 2.05) is 24.3 Å². The molecule has 0 bridgehead atoms. The third-order valence-corrected chi connectivity index (χ3v) is 7.29. The average Bonchev–Trinajstić information content (AvgIpc) is 3.41. The number of hydrogen-bond donors (Lipinski definition) is 1. The smallest absolute Gasteiger partial charge is 0.222 e. The van der Waals surface area contributed by atoms with E-state index >= 15 is 0 Å². The van der Waals surface area contributed by atoms with Gasteiger partial charge in [-0.05, 0) is 12.1 Å². The van der Waals surface area contributed by atoms with Gasteiger partial charge in [0.05, 0.1) is 16.4 Å². The van der Waals surface area contributed by atoms with E-state index in [0.717, 1.165) is 16.5 Å². The molecule has 0 spiro atoms. The summed E-state index contributed by atoms with van der Waals surface area (Å²) in [7, 11) is -0.0292. The molecule has 1 N–H and O–H groups in total. The summed E-state index contributed by atoms with van der Waals surface area (Å²) in [5.41, 5.74) is 0.762. The highest BCUT2D eigenvalue weighted by atomic mass is 32.2. The summed E-state index contributed by atoms with van der Waals surface area (Å²) in [6.07, 6.45) is 2.30. The molecule has 0 aliphatic heterocycles. The Balaban J connectivity index is 1.84. The minimum Gasteiger partial charge on any atom is -0.354 e. The highest BCUT2D eigenvalue weighted by Gasteiger charge is 2.23. The van der Waals surface area contributed by atoms with Gasteiger partial charge in [0, 0.05) is 27.3 Å². The number of amides is 1. The summed E-state index contributed by atoms with van der Waals surface area (Å²) in [5.74, 6) is -0.0598. The topological polar surface area (TPSA) is 135 Å². The number of benzene rings is 1. The molecule has 3 aromatic heterocycles. The number of anilines is 2. The normalized spacial score (nSPS) is 12.0. The van der Waals surface area contributed by atoms with Crippen molar-refractivity contribution in [3.05, 3.63) is 30.5 Å². The molecular formula is C18H18N8O3S3. The maximum absolute atomic E-state index is 12.3. The van der Waals surface area contributed by atoms with Gasteiger partial charge < -0.3 is 10.2 Å². The molecule has 14 heteroatoms. The van der Waals surface area contributed by atoms with Gasteiger partial charge in [-0.15, -0.1) is 10.2 Å². The third kappa shape index (κ3) is 4.37. The van der Waals surface area contributed by atoms with Crippen LogP contribution in [0, 0.1) is 0 Å². The first kappa shape index (κ1) is 22.0. The minimum atomic E-state index is -3.64. The van der Waals surface area contributed by atoms with E-state index in [4.69, 9.17) is 0 Å². The second-order valence-electron chi connectivity index (χ2n) is 6.91. The van der Waals surface area contributed by atoms with Crippen molar-refractivity contribution in [1.82, 2.24) is 19.7 Å². The number of thiazole rings is 2. The van der Waals surface area contributed by atoms with Gasteiger partial charge in [-0.25, -0.2) is 18.4 Å². The number of carbonyl (C=O) groups is 1. The molecule has 4 rings (SSSR count). The van der Waals surface area contributed by atoms with Crippen LogP contribution in [0.1, 0.15) is 6.92 Å². The summed E-state index contributed by atoms with van der Waals surface area (Å²) < 4.78 is 27.0. The zero-order valence-electron chi connectivity index (χ0n) is 17.5. The number of sulfone groups is 1. The van der Waals surface area contributed by atoms with E-state index in [-0.39, 0.29) is 22.4 Å². The Labute approximate surface area is 191 Å². The van der Waals surface area contributed by atoms with Crippen molar-refractivity contribution in [2.75, 3.05) is 30.6 Å². The summed E-state index contributed by atoms with van der Waals surface area (Å²) >= 11 is 2.55. The molecule has 4 aromatic rings. The lowest BCUT2D eigenvalue weighted by Gasteiger charge is -2.04. The predicted octanol–water partition coefficient (Wildman–Crippen LogP) is 3.78. The molecule has 166 valence electrons. The van der Waals surface area contributed by atoms with Gasteiger partial charge >= 0.3 is 0 Å². The number of azo groups is 1. The van der Waals surface area contributed by atoms with E-state index < -0.39 is 9.84 Å². The summed E-state index contributed by atoms with van der Waals surface area (Å²) in [4.78, 5) is 22.1. The zero-order chi connectivity index (χ0) is 23.0. The molecule has 11 nitrogen and oxygen atoms in total. The molecule has 3 heterocycles. The Morgan fingerprint density at radius 3 is 2.56 bits per heavy atom. The fourth-order valence-electron chi connectivity index (χ4n) is 2.67. The lowest BCUT2D eigenvalue weighted by atomic mass is 10.3. The number of hydrogen-bond acceptors (Lipinski definition) is 11. The van der Waals surface area contributed by atoms with Crippen LogP contribution in [0.2, 0.25) is 0 Å². The molecule has 0 aliphatic carbocycles. The first-order valence-corrected chi connectivity index (χ1v) is 12.7. The van der Waals surface area contributed by atoms with Crippen molar-refractivity contribution in [3.8, 4) is 5.13 Å². The van der Waals surface area contributed by atoms with Crippen molar-refractivity contribution in [1.29, 1.82) is 0 Å². The van der Waals surface area contributed by atoms with Crippen LogP contribution < -0.4 is 10.2 Å². The van der Waals surface area contributed by atoms with Crippen LogP contribution >= 0.6 is 22.7 Å². The van der Waals surface area contributed by atoms with E-state index in [0.29, 0.717) is 15.3 Å². The van der Waals surface area contributed by atoms with E-state index in [9.17, 15) is 13.2 Å². The average molecular weight is 491 g/mol. The van der Waals surface area contributed by atoms with E-state index in [1.165, 1.54) is 40.5 Å². The molecule has 1 amide bonds. The van der Waals surface area contributed by atoms with Crippen LogP contribution in [0.15, 0.2) is 45.6 Å². The van der Waals surface area contributed by atoms with Crippen LogP contribution in [0.4, 0.5) is 21.8 Å². The van der Waals surface area contributed by atoms with Crippen molar-refractivity contribution in [3.63, 3.8) is 0 Å². The Bertz CT molecular complexity index is 1420. The second-order valence-corrected chi connectivity index (χ2v) is 10.9. The Kier molecular flexibility index (Phi) is 5.75. The van der Waals surface area contributed by atoms with Gasteiger partial charge in [0.15, 0.2) is 31.6 Å². The van der Waals surface area contributed by atoms with Crippen LogP contribution in [-0.4, -0.2) is 54.4 Å². The summed E-state index contributed by atoms with van der Waals surface area (Å²) in [6.45, 7) is 1.36. The van der Waals surface area contributed by atoms with Crippen LogP contribution in [0.5, 0.6) is 0 Å². The fourth-order valence-corrected chi connectivity index (χ4v) is 5.06. The number of fused-ring (bicyclic) bond motifs is 1. The van der Waals surface area contributed by atoms with Crippen molar-refractivity contribution >= 4 is 70.4 Å². The Morgan fingerprint density at radius 1 is 1.16 bits per heavy atom. The monoisotopic (exact) mass is 490 g/mol. The molecular weight excluding hydrogens is 472 g/mol. The zero-order valence-corrected chi connectivity index (χ0v) is 19.9. The largest absolute Gasteiger partial charge is 0.354 e. The SMILES string of the molecule is CC(=O)Nc1nc(N(C)C)sc1/N=N/c1c(S(C)(=O)=O)cnn1-c1nc2ccccc2s1. The molecule has 1 aromatic carbocycles. The number of nitrogens with one attached hydrogen (secondary N) is 1. The van der Waals surface area contributed by atoms with E-state index in [2.05, 4.69) is 30.6 Å². The number of para-hydroxylation sites is 1.